The fourth-order valence-corrected chi connectivity index (χ4v) is 1.41. The topological polar surface area (TPSA) is 36.9 Å². The van der Waals surface area contributed by atoms with Crippen LogP contribution in [0.2, 0.25) is 0 Å². The van der Waals surface area contributed by atoms with Crippen molar-refractivity contribution in [2.24, 2.45) is 0 Å². The molecule has 1 aromatic carbocycles. The molecule has 0 aliphatic carbocycles. The van der Waals surface area contributed by atoms with Crippen LogP contribution in [0.25, 0.3) is 0 Å². The molecular formula is C12H16O4. The van der Waals surface area contributed by atoms with Gasteiger partial charge in [0.05, 0.1) is 26.4 Å². The summed E-state index contributed by atoms with van der Waals surface area (Å²) < 4.78 is 21.7. The van der Waals surface area contributed by atoms with E-state index in [1.54, 1.807) is 0 Å². The fraction of sp³-hybridized carbons (Fsp3) is 0.500. The van der Waals surface area contributed by atoms with Crippen LogP contribution in [0, 0.1) is 0 Å². The van der Waals surface area contributed by atoms with Crippen LogP contribution in [-0.2, 0) is 9.47 Å². The molecule has 4 nitrogen and oxygen atoms in total. The molecule has 0 saturated heterocycles. The summed E-state index contributed by atoms with van der Waals surface area (Å²) in [6.07, 6.45) is 0. The molecule has 0 atom stereocenters. The molecular weight excluding hydrogens is 208 g/mol. The summed E-state index contributed by atoms with van der Waals surface area (Å²) in [6.45, 7) is 3.44. The van der Waals surface area contributed by atoms with Gasteiger partial charge >= 0.3 is 0 Å². The van der Waals surface area contributed by atoms with Gasteiger partial charge in [-0.1, -0.05) is 6.07 Å². The maximum absolute atomic E-state index is 5.51. The molecule has 0 saturated carbocycles. The van der Waals surface area contributed by atoms with Crippen LogP contribution in [0.4, 0.5) is 0 Å². The third kappa shape index (κ3) is 3.72. The molecule has 0 N–H and O–H groups in total. The molecule has 1 heterocycles. The van der Waals surface area contributed by atoms with Crippen LogP contribution in [-0.4, -0.2) is 39.6 Å². The number of benzene rings is 1. The Morgan fingerprint density at radius 2 is 1.19 bits per heavy atom. The Hall–Kier alpha value is -1.26. The van der Waals surface area contributed by atoms with Gasteiger partial charge in [-0.15, -0.1) is 0 Å². The Bertz CT molecular complexity index is 286. The molecule has 0 amide bonds. The highest BCUT2D eigenvalue weighted by atomic mass is 16.6. The molecule has 4 heteroatoms. The summed E-state index contributed by atoms with van der Waals surface area (Å²) in [4.78, 5) is 0. The van der Waals surface area contributed by atoms with E-state index in [1.807, 2.05) is 24.3 Å². The van der Waals surface area contributed by atoms with E-state index in [9.17, 15) is 0 Å². The van der Waals surface area contributed by atoms with Crippen LogP contribution in [0.15, 0.2) is 24.3 Å². The van der Waals surface area contributed by atoms with E-state index in [0.717, 1.165) is 11.5 Å². The smallest absolute Gasteiger partial charge is 0.123 e. The minimum atomic E-state index is 0.545. The lowest BCUT2D eigenvalue weighted by Crippen LogP contribution is -2.12. The first-order valence-corrected chi connectivity index (χ1v) is 5.46. The Morgan fingerprint density at radius 3 is 1.75 bits per heavy atom. The average molecular weight is 224 g/mol. The molecule has 1 aromatic rings. The van der Waals surface area contributed by atoms with Gasteiger partial charge in [0, 0.05) is 6.07 Å². The Labute approximate surface area is 95.1 Å². The largest absolute Gasteiger partial charge is 0.491 e. The highest BCUT2D eigenvalue weighted by Gasteiger charge is 2.00. The van der Waals surface area contributed by atoms with E-state index in [2.05, 4.69) is 0 Å². The average Bonchev–Trinajstić information content (AvgIpc) is 2.32. The van der Waals surface area contributed by atoms with Crippen LogP contribution < -0.4 is 9.47 Å². The van der Waals surface area contributed by atoms with Gasteiger partial charge < -0.3 is 18.9 Å². The molecule has 88 valence electrons. The van der Waals surface area contributed by atoms with Crippen molar-refractivity contribution >= 4 is 0 Å². The minimum absolute atomic E-state index is 0.545. The summed E-state index contributed by atoms with van der Waals surface area (Å²) in [7, 11) is 0. The number of fused-ring (bicyclic) bond motifs is 2. The Morgan fingerprint density at radius 1 is 0.688 bits per heavy atom. The first kappa shape index (κ1) is 11.2. The molecule has 0 unspecified atom stereocenters. The zero-order chi connectivity index (χ0) is 11.1. The molecule has 0 fully saturated rings. The maximum Gasteiger partial charge on any atom is 0.123 e. The highest BCUT2D eigenvalue weighted by Crippen LogP contribution is 2.19. The molecule has 16 heavy (non-hydrogen) atoms. The van der Waals surface area contributed by atoms with E-state index < -0.39 is 0 Å². The third-order valence-electron chi connectivity index (χ3n) is 2.17. The van der Waals surface area contributed by atoms with E-state index in [-0.39, 0.29) is 0 Å². The molecule has 0 radical (unpaired) electrons. The van der Waals surface area contributed by atoms with Gasteiger partial charge in [-0.3, -0.25) is 0 Å². The number of ether oxygens (including phenoxy) is 4. The van der Waals surface area contributed by atoms with Crippen molar-refractivity contribution in [3.05, 3.63) is 24.3 Å². The van der Waals surface area contributed by atoms with Gasteiger partial charge in [0.25, 0.3) is 0 Å². The Balaban J connectivity index is 1.95. The number of hydrogen-bond acceptors (Lipinski definition) is 4. The quantitative estimate of drug-likeness (QED) is 0.669. The van der Waals surface area contributed by atoms with E-state index in [0.29, 0.717) is 39.6 Å². The predicted molar refractivity (Wildman–Crippen MR) is 59.1 cm³/mol. The first-order valence-electron chi connectivity index (χ1n) is 5.46. The summed E-state index contributed by atoms with van der Waals surface area (Å²) in [5.74, 6) is 1.61. The van der Waals surface area contributed by atoms with E-state index >= 15 is 0 Å². The molecule has 2 rings (SSSR count). The van der Waals surface area contributed by atoms with Crippen LogP contribution in [0.3, 0.4) is 0 Å². The Kier molecular flexibility index (Phi) is 4.46. The summed E-state index contributed by atoms with van der Waals surface area (Å²) in [6, 6.07) is 7.59. The van der Waals surface area contributed by atoms with Crippen molar-refractivity contribution in [3.8, 4) is 11.5 Å². The van der Waals surface area contributed by atoms with Crippen LogP contribution >= 0.6 is 0 Å². The molecule has 1 aliphatic rings. The SMILES string of the molecule is c1cc2cc(c1)OCCOCCOCCO2. The second kappa shape index (κ2) is 6.35. The normalized spacial score (nSPS) is 18.2. The van der Waals surface area contributed by atoms with Crippen molar-refractivity contribution < 1.29 is 18.9 Å². The monoisotopic (exact) mass is 224 g/mol. The van der Waals surface area contributed by atoms with Gasteiger partial charge in [-0.05, 0) is 12.1 Å². The second-order valence-corrected chi connectivity index (χ2v) is 3.40. The van der Waals surface area contributed by atoms with Crippen molar-refractivity contribution in [1.82, 2.24) is 0 Å². The highest BCUT2D eigenvalue weighted by molar-refractivity contribution is 5.32. The fourth-order valence-electron chi connectivity index (χ4n) is 1.41. The predicted octanol–water partition coefficient (Wildman–Crippen LogP) is 1.49. The second-order valence-electron chi connectivity index (χ2n) is 3.40. The van der Waals surface area contributed by atoms with Gasteiger partial charge in [-0.2, -0.15) is 0 Å². The molecule has 2 bridgehead atoms. The molecule has 1 aliphatic heterocycles. The van der Waals surface area contributed by atoms with Crippen molar-refractivity contribution in [3.63, 3.8) is 0 Å². The van der Waals surface area contributed by atoms with E-state index in [4.69, 9.17) is 18.9 Å². The summed E-state index contributed by atoms with van der Waals surface area (Å²) in [5, 5.41) is 0. The van der Waals surface area contributed by atoms with Crippen LogP contribution in [0.5, 0.6) is 11.5 Å². The van der Waals surface area contributed by atoms with E-state index in [1.165, 1.54) is 0 Å². The maximum atomic E-state index is 5.51. The number of hydrogen-bond donors (Lipinski definition) is 0. The lowest BCUT2D eigenvalue weighted by Gasteiger charge is -2.08. The standard InChI is InChI=1S/C12H16O4/c1-2-11-10-12(3-1)16-9-7-14-5-4-13-6-8-15-11/h1-3,10H,4-9H2. The van der Waals surface area contributed by atoms with Gasteiger partial charge in [0.15, 0.2) is 0 Å². The van der Waals surface area contributed by atoms with Crippen molar-refractivity contribution in [2.45, 2.75) is 0 Å². The third-order valence-corrected chi connectivity index (χ3v) is 2.17. The number of rotatable bonds is 0. The minimum Gasteiger partial charge on any atom is -0.491 e. The van der Waals surface area contributed by atoms with Gasteiger partial charge in [-0.25, -0.2) is 0 Å². The van der Waals surface area contributed by atoms with Crippen molar-refractivity contribution in [2.75, 3.05) is 39.6 Å². The van der Waals surface area contributed by atoms with Crippen LogP contribution in [0.1, 0.15) is 0 Å². The summed E-state index contributed by atoms with van der Waals surface area (Å²) in [5.41, 5.74) is 0. The molecule has 0 spiro atoms. The van der Waals surface area contributed by atoms with Gasteiger partial charge in [0.2, 0.25) is 0 Å². The van der Waals surface area contributed by atoms with Gasteiger partial charge in [0.1, 0.15) is 24.7 Å². The lowest BCUT2D eigenvalue weighted by molar-refractivity contribution is 0.0286. The summed E-state index contributed by atoms with van der Waals surface area (Å²) >= 11 is 0. The zero-order valence-electron chi connectivity index (χ0n) is 9.19. The lowest BCUT2D eigenvalue weighted by atomic mass is 10.3. The zero-order valence-corrected chi connectivity index (χ0v) is 9.19. The molecule has 0 aromatic heterocycles. The van der Waals surface area contributed by atoms with Crippen molar-refractivity contribution in [1.29, 1.82) is 0 Å². The first-order chi connectivity index (χ1) is 7.95.